The number of rotatable bonds is 8. The van der Waals surface area contributed by atoms with Crippen molar-refractivity contribution in [3.63, 3.8) is 0 Å². The van der Waals surface area contributed by atoms with Crippen LogP contribution in [0.3, 0.4) is 0 Å². The molecule has 8 nitrogen and oxygen atoms in total. The van der Waals surface area contributed by atoms with E-state index in [1.165, 1.54) is 6.20 Å². The lowest BCUT2D eigenvalue weighted by Crippen LogP contribution is -2.46. The van der Waals surface area contributed by atoms with Gasteiger partial charge < -0.3 is 9.29 Å². The average Bonchev–Trinajstić information content (AvgIpc) is 2.93. The summed E-state index contributed by atoms with van der Waals surface area (Å²) >= 11 is 0. The molecule has 0 saturated carbocycles. The summed E-state index contributed by atoms with van der Waals surface area (Å²) in [7, 11) is -4.19. The fourth-order valence-corrected chi connectivity index (χ4v) is 2.84. The molecule has 136 valence electrons. The van der Waals surface area contributed by atoms with Crippen LogP contribution < -0.4 is 4.57 Å². The first-order valence-electron chi connectivity index (χ1n) is 7.76. The zero-order valence-corrected chi connectivity index (χ0v) is 15.0. The predicted octanol–water partition coefficient (Wildman–Crippen LogP) is 0.742. The minimum Gasteiger partial charge on any atom is -0.748 e. The van der Waals surface area contributed by atoms with Crippen molar-refractivity contribution >= 4 is 16.1 Å². The number of pyridine rings is 1. The number of ether oxygens (including phenoxy) is 1. The molecule has 2 heterocycles. The van der Waals surface area contributed by atoms with Crippen LogP contribution in [0.1, 0.15) is 30.6 Å². The van der Waals surface area contributed by atoms with Crippen molar-refractivity contribution in [2.24, 2.45) is 0 Å². The van der Waals surface area contributed by atoms with Crippen LogP contribution >= 0.6 is 0 Å². The lowest BCUT2D eigenvalue weighted by molar-refractivity contribution is -0.708. The first kappa shape index (κ1) is 19.1. The molecule has 9 heteroatoms. The van der Waals surface area contributed by atoms with Crippen molar-refractivity contribution < 1.29 is 27.1 Å². The Bertz CT molecular complexity index is 815. The first-order chi connectivity index (χ1) is 11.6. The van der Waals surface area contributed by atoms with E-state index in [0.29, 0.717) is 18.7 Å². The third-order valence-corrected chi connectivity index (χ3v) is 4.18. The van der Waals surface area contributed by atoms with Gasteiger partial charge in [0.2, 0.25) is 6.33 Å². The van der Waals surface area contributed by atoms with Crippen LogP contribution in [0.4, 0.5) is 0 Å². The molecule has 2 aromatic heterocycles. The summed E-state index contributed by atoms with van der Waals surface area (Å²) < 4.78 is 41.0. The molecule has 0 saturated heterocycles. The van der Waals surface area contributed by atoms with E-state index in [0.717, 1.165) is 0 Å². The summed E-state index contributed by atoms with van der Waals surface area (Å²) in [5.74, 6) is -0.835. The minimum atomic E-state index is -4.19. The number of imidazole rings is 1. The Morgan fingerprint density at radius 3 is 2.84 bits per heavy atom. The molecule has 0 unspecified atom stereocenters. The van der Waals surface area contributed by atoms with Crippen molar-refractivity contribution in [2.45, 2.75) is 39.0 Å². The lowest BCUT2D eigenvalue weighted by atomic mass is 10.1. The summed E-state index contributed by atoms with van der Waals surface area (Å²) in [4.78, 5) is 16.0. The summed E-state index contributed by atoms with van der Waals surface area (Å²) in [5, 5.41) is 0. The number of carbonyl (C=O) groups excluding carboxylic acids is 1. The van der Waals surface area contributed by atoms with Crippen LogP contribution in [0, 0.1) is 0 Å². The highest BCUT2D eigenvalue weighted by Gasteiger charge is 2.27. The molecule has 0 fully saturated rings. The number of esters is 1. The maximum Gasteiger partial charge on any atom is 0.340 e. The maximum absolute atomic E-state index is 12.1. The largest absolute Gasteiger partial charge is 0.748 e. The van der Waals surface area contributed by atoms with Crippen molar-refractivity contribution in [3.8, 4) is 0 Å². The monoisotopic (exact) mass is 367 g/mol. The zero-order chi connectivity index (χ0) is 18.5. The average molecular weight is 367 g/mol. The molecule has 2 rings (SSSR count). The van der Waals surface area contributed by atoms with E-state index in [9.17, 15) is 17.8 Å². The Morgan fingerprint density at radius 2 is 2.20 bits per heavy atom. The van der Waals surface area contributed by atoms with E-state index < -0.39 is 21.7 Å². The second-order valence-electron chi connectivity index (χ2n) is 6.33. The Hall–Kier alpha value is -2.26. The Balaban J connectivity index is 1.91. The number of hydrogen-bond acceptors (Lipinski definition) is 6. The number of nitrogens with zero attached hydrogens (tertiary/aromatic N) is 3. The van der Waals surface area contributed by atoms with Gasteiger partial charge in [0, 0.05) is 18.1 Å². The number of carbonyl (C=O) groups is 1. The standard InChI is InChI=1S/C16H21N3O5S/c1-16(2,24-15(20)14-5-3-6-17-11-14)12-19-9-8-18(13-19)7-4-10-25(21,22)23/h3,5-6,8-9,11,13H,4,7,10,12H2,1-2H3. The van der Waals surface area contributed by atoms with Crippen LogP contribution in [-0.2, 0) is 27.9 Å². The molecule has 0 spiro atoms. The first-order valence-corrected chi connectivity index (χ1v) is 9.34. The molecule has 0 aliphatic heterocycles. The van der Waals surface area contributed by atoms with Crippen LogP contribution in [0.2, 0.25) is 0 Å². The number of aromatic nitrogens is 3. The van der Waals surface area contributed by atoms with Gasteiger partial charge in [-0.25, -0.2) is 22.3 Å². The van der Waals surface area contributed by atoms with Crippen LogP contribution in [0.5, 0.6) is 0 Å². The molecule has 0 atom stereocenters. The SMILES string of the molecule is CC(C)(C[n+]1ccn(CCCS(=O)(=O)[O-])c1)OC(=O)c1cccnc1. The van der Waals surface area contributed by atoms with E-state index in [-0.39, 0.29) is 12.2 Å². The van der Waals surface area contributed by atoms with Crippen LogP contribution in [0.25, 0.3) is 0 Å². The van der Waals surface area contributed by atoms with E-state index >= 15 is 0 Å². The highest BCUT2D eigenvalue weighted by atomic mass is 32.2. The summed E-state index contributed by atoms with van der Waals surface area (Å²) in [6, 6.07) is 3.31. The second kappa shape index (κ2) is 7.75. The van der Waals surface area contributed by atoms with Crippen LogP contribution in [0.15, 0.2) is 43.2 Å². The zero-order valence-electron chi connectivity index (χ0n) is 14.2. The van der Waals surface area contributed by atoms with Gasteiger partial charge in [-0.2, -0.15) is 0 Å². The third kappa shape index (κ3) is 6.63. The molecule has 0 bridgehead atoms. The predicted molar refractivity (Wildman–Crippen MR) is 87.5 cm³/mol. The van der Waals surface area contributed by atoms with Gasteiger partial charge in [-0.05, 0) is 32.4 Å². The Labute approximate surface area is 146 Å². The molecule has 0 N–H and O–H groups in total. The fraction of sp³-hybridized carbons (Fsp3) is 0.438. The Morgan fingerprint density at radius 1 is 1.44 bits per heavy atom. The molecule has 0 radical (unpaired) electrons. The number of aryl methyl sites for hydroxylation is 1. The van der Waals surface area contributed by atoms with Gasteiger partial charge in [0.25, 0.3) is 0 Å². The van der Waals surface area contributed by atoms with Gasteiger partial charge in [0.1, 0.15) is 24.5 Å². The molecular formula is C16H21N3O5S. The van der Waals surface area contributed by atoms with Crippen LogP contribution in [-0.4, -0.2) is 39.8 Å². The highest BCUT2D eigenvalue weighted by Crippen LogP contribution is 2.13. The molecule has 0 aliphatic carbocycles. The summed E-state index contributed by atoms with van der Waals surface area (Å²) in [6.45, 7) is 4.45. The molecule has 2 aromatic rings. The smallest absolute Gasteiger partial charge is 0.340 e. The van der Waals surface area contributed by atoms with Crippen molar-refractivity contribution in [1.29, 1.82) is 0 Å². The second-order valence-corrected chi connectivity index (χ2v) is 7.85. The van der Waals surface area contributed by atoms with E-state index in [1.54, 1.807) is 55.5 Å². The van der Waals surface area contributed by atoms with Gasteiger partial charge in [0.15, 0.2) is 0 Å². The summed E-state index contributed by atoms with van der Waals surface area (Å²) in [5.41, 5.74) is -0.362. The topological polar surface area (TPSA) is 105 Å². The molecule has 0 amide bonds. The lowest BCUT2D eigenvalue weighted by Gasteiger charge is -2.23. The molecule has 25 heavy (non-hydrogen) atoms. The number of hydrogen-bond donors (Lipinski definition) is 0. The fourth-order valence-electron chi connectivity index (χ4n) is 2.35. The quantitative estimate of drug-likeness (QED) is 0.387. The van der Waals surface area contributed by atoms with Crippen molar-refractivity contribution in [3.05, 3.63) is 48.8 Å². The van der Waals surface area contributed by atoms with Gasteiger partial charge in [-0.3, -0.25) is 4.98 Å². The van der Waals surface area contributed by atoms with E-state index in [4.69, 9.17) is 4.74 Å². The summed E-state index contributed by atoms with van der Waals surface area (Å²) in [6.07, 6.45) is 8.63. The van der Waals surface area contributed by atoms with Gasteiger partial charge in [0.05, 0.1) is 22.2 Å². The van der Waals surface area contributed by atoms with Gasteiger partial charge >= 0.3 is 5.97 Å². The normalized spacial score (nSPS) is 12.1. The molecular weight excluding hydrogens is 346 g/mol. The van der Waals surface area contributed by atoms with Crippen molar-refractivity contribution in [1.82, 2.24) is 9.55 Å². The molecule has 0 aliphatic rings. The van der Waals surface area contributed by atoms with E-state index in [1.807, 2.05) is 4.57 Å². The highest BCUT2D eigenvalue weighted by molar-refractivity contribution is 7.85. The third-order valence-electron chi connectivity index (χ3n) is 3.39. The van der Waals surface area contributed by atoms with Gasteiger partial charge in [-0.15, -0.1) is 0 Å². The van der Waals surface area contributed by atoms with E-state index in [2.05, 4.69) is 4.98 Å². The molecule has 0 aromatic carbocycles. The maximum atomic E-state index is 12.1. The Kier molecular flexibility index (Phi) is 5.91. The van der Waals surface area contributed by atoms with Gasteiger partial charge in [-0.1, -0.05) is 0 Å². The van der Waals surface area contributed by atoms with Crippen molar-refractivity contribution in [2.75, 3.05) is 5.75 Å². The minimum absolute atomic E-state index is 0.250.